The first-order chi connectivity index (χ1) is 9.36. The van der Waals surface area contributed by atoms with Gasteiger partial charge >= 0.3 is 6.03 Å². The number of carbonyl (C=O) groups excluding carboxylic acids is 1. The predicted octanol–water partition coefficient (Wildman–Crippen LogP) is 1.58. The van der Waals surface area contributed by atoms with E-state index in [4.69, 9.17) is 5.11 Å². The van der Waals surface area contributed by atoms with Crippen molar-refractivity contribution in [1.82, 2.24) is 10.2 Å². The van der Waals surface area contributed by atoms with Crippen molar-refractivity contribution in [2.45, 2.75) is 26.4 Å². The van der Waals surface area contributed by atoms with Crippen molar-refractivity contribution in [3.63, 3.8) is 0 Å². The summed E-state index contributed by atoms with van der Waals surface area (Å²) in [5, 5.41) is 11.9. The molecule has 0 aliphatic heterocycles. The molecule has 0 fully saturated rings. The first kappa shape index (κ1) is 16.3. The summed E-state index contributed by atoms with van der Waals surface area (Å²) in [6, 6.07) is 5.80. The number of aliphatic hydroxyl groups excluding tert-OH is 1. The lowest BCUT2D eigenvalue weighted by Gasteiger charge is -2.23. The first-order valence-corrected chi connectivity index (χ1v) is 6.75. The van der Waals surface area contributed by atoms with E-state index in [2.05, 4.69) is 11.4 Å². The summed E-state index contributed by atoms with van der Waals surface area (Å²) >= 11 is 0. The van der Waals surface area contributed by atoms with Gasteiger partial charge in [-0.05, 0) is 37.1 Å². The molecule has 1 aromatic rings. The molecule has 0 aromatic heterocycles. The topological polar surface area (TPSA) is 55.8 Å². The van der Waals surface area contributed by atoms with Crippen LogP contribution in [0.3, 0.4) is 0 Å². The Bertz CT molecular complexity index is 460. The number of hydrogen-bond acceptors (Lipinski definition) is 3. The average molecular weight is 279 g/mol. The average Bonchev–Trinajstić information content (AvgIpc) is 2.43. The van der Waals surface area contributed by atoms with Gasteiger partial charge < -0.3 is 20.2 Å². The summed E-state index contributed by atoms with van der Waals surface area (Å²) in [7, 11) is 5.68. The van der Waals surface area contributed by atoms with Crippen LogP contribution in [-0.4, -0.2) is 49.8 Å². The lowest BCUT2D eigenvalue weighted by Crippen LogP contribution is -2.43. The summed E-state index contributed by atoms with van der Waals surface area (Å²) in [5.74, 6) is 0. The van der Waals surface area contributed by atoms with Gasteiger partial charge in [0.25, 0.3) is 0 Å². The lowest BCUT2D eigenvalue weighted by molar-refractivity contribution is 0.157. The molecule has 0 heterocycles. The highest BCUT2D eigenvalue weighted by atomic mass is 16.3. The van der Waals surface area contributed by atoms with Gasteiger partial charge in [-0.3, -0.25) is 0 Å². The van der Waals surface area contributed by atoms with Crippen LogP contribution in [0, 0.1) is 6.92 Å². The number of nitrogens with one attached hydrogen (secondary N) is 1. The number of anilines is 1. The molecule has 2 N–H and O–H groups in total. The van der Waals surface area contributed by atoms with Crippen molar-refractivity contribution in [3.8, 4) is 0 Å². The molecule has 0 saturated carbocycles. The number of aryl methyl sites for hydroxylation is 1. The zero-order valence-electron chi connectivity index (χ0n) is 13.0. The van der Waals surface area contributed by atoms with Gasteiger partial charge in [0.15, 0.2) is 0 Å². The van der Waals surface area contributed by atoms with Gasteiger partial charge in [0.1, 0.15) is 0 Å². The number of hydrogen-bond donors (Lipinski definition) is 2. The van der Waals surface area contributed by atoms with E-state index in [1.54, 1.807) is 14.0 Å². The maximum atomic E-state index is 11.9. The van der Waals surface area contributed by atoms with Crippen molar-refractivity contribution in [2.75, 3.05) is 32.6 Å². The van der Waals surface area contributed by atoms with Gasteiger partial charge in [-0.1, -0.05) is 6.07 Å². The Morgan fingerprint density at radius 1 is 1.35 bits per heavy atom. The SMILES string of the molecule is Cc1cc(N(C)C)ccc1CNC(=O)N(C)C(C)CO. The molecule has 112 valence electrons. The highest BCUT2D eigenvalue weighted by Gasteiger charge is 2.14. The lowest BCUT2D eigenvalue weighted by atomic mass is 10.1. The number of nitrogens with zero attached hydrogens (tertiary/aromatic N) is 2. The molecule has 0 radical (unpaired) electrons. The molecule has 1 unspecified atom stereocenters. The van der Waals surface area contributed by atoms with Crippen LogP contribution in [0.15, 0.2) is 18.2 Å². The highest BCUT2D eigenvalue weighted by Crippen LogP contribution is 2.17. The Kier molecular flexibility index (Phi) is 5.82. The standard InChI is InChI=1S/C15H25N3O2/c1-11-8-14(17(3)4)7-6-13(11)9-16-15(20)18(5)12(2)10-19/h6-8,12,19H,9-10H2,1-5H3,(H,16,20). The van der Waals surface area contributed by atoms with E-state index in [9.17, 15) is 4.79 Å². The van der Waals surface area contributed by atoms with Gasteiger partial charge in [0, 0.05) is 33.4 Å². The minimum atomic E-state index is -0.188. The molecule has 0 bridgehead atoms. The third-order valence-corrected chi connectivity index (χ3v) is 3.52. The van der Waals surface area contributed by atoms with Crippen LogP contribution in [0.4, 0.5) is 10.5 Å². The molecular weight excluding hydrogens is 254 g/mol. The minimum absolute atomic E-state index is 0.0412. The van der Waals surface area contributed by atoms with Crippen molar-refractivity contribution < 1.29 is 9.90 Å². The zero-order chi connectivity index (χ0) is 15.3. The molecule has 0 spiro atoms. The van der Waals surface area contributed by atoms with E-state index in [0.717, 1.165) is 16.8 Å². The fourth-order valence-corrected chi connectivity index (χ4v) is 1.77. The minimum Gasteiger partial charge on any atom is -0.394 e. The monoisotopic (exact) mass is 279 g/mol. The fourth-order valence-electron chi connectivity index (χ4n) is 1.77. The maximum absolute atomic E-state index is 11.9. The van der Waals surface area contributed by atoms with Crippen molar-refractivity contribution >= 4 is 11.7 Å². The van der Waals surface area contributed by atoms with Crippen molar-refractivity contribution in [3.05, 3.63) is 29.3 Å². The van der Waals surface area contributed by atoms with Crippen molar-refractivity contribution in [2.24, 2.45) is 0 Å². The Labute approximate surface area is 121 Å². The number of aliphatic hydroxyl groups is 1. The summed E-state index contributed by atoms with van der Waals surface area (Å²) in [6.45, 7) is 4.28. The van der Waals surface area contributed by atoms with Crippen molar-refractivity contribution in [1.29, 1.82) is 0 Å². The van der Waals surface area contributed by atoms with Crippen LogP contribution in [0.2, 0.25) is 0 Å². The molecule has 0 aliphatic carbocycles. The molecule has 1 aromatic carbocycles. The molecule has 5 heteroatoms. The quantitative estimate of drug-likeness (QED) is 0.860. The third-order valence-electron chi connectivity index (χ3n) is 3.52. The first-order valence-electron chi connectivity index (χ1n) is 6.75. The van der Waals surface area contributed by atoms with Crippen LogP contribution in [-0.2, 0) is 6.54 Å². The van der Waals surface area contributed by atoms with Gasteiger partial charge in [-0.2, -0.15) is 0 Å². The number of amides is 2. The number of carbonyl (C=O) groups is 1. The molecule has 0 saturated heterocycles. The van der Waals surface area contributed by atoms with E-state index in [-0.39, 0.29) is 18.7 Å². The normalized spacial score (nSPS) is 11.9. The van der Waals surface area contributed by atoms with Crippen LogP contribution in [0.5, 0.6) is 0 Å². The highest BCUT2D eigenvalue weighted by molar-refractivity contribution is 5.74. The van der Waals surface area contributed by atoms with E-state index in [1.165, 1.54) is 4.90 Å². The number of likely N-dealkylation sites (N-methyl/N-ethyl adjacent to an activating group) is 1. The maximum Gasteiger partial charge on any atom is 0.317 e. The molecule has 1 atom stereocenters. The Morgan fingerprint density at radius 2 is 2.00 bits per heavy atom. The van der Waals surface area contributed by atoms with Gasteiger partial charge in [-0.15, -0.1) is 0 Å². The van der Waals surface area contributed by atoms with Gasteiger partial charge in [0.2, 0.25) is 0 Å². The second kappa shape index (κ2) is 7.14. The van der Waals surface area contributed by atoms with Crippen LogP contribution in [0.1, 0.15) is 18.1 Å². The van der Waals surface area contributed by atoms with E-state index < -0.39 is 0 Å². The second-order valence-electron chi connectivity index (χ2n) is 5.31. The largest absolute Gasteiger partial charge is 0.394 e. The van der Waals surface area contributed by atoms with Gasteiger partial charge in [0.05, 0.1) is 12.6 Å². The smallest absolute Gasteiger partial charge is 0.317 e. The summed E-state index contributed by atoms with van der Waals surface area (Å²) in [5.41, 5.74) is 3.38. The molecule has 2 amide bonds. The summed E-state index contributed by atoms with van der Waals surface area (Å²) in [6.07, 6.45) is 0. The predicted molar refractivity (Wildman–Crippen MR) is 82.1 cm³/mol. The van der Waals surface area contributed by atoms with Crippen LogP contribution >= 0.6 is 0 Å². The number of urea groups is 1. The molecule has 20 heavy (non-hydrogen) atoms. The molecular formula is C15H25N3O2. The Hall–Kier alpha value is -1.75. The van der Waals surface area contributed by atoms with E-state index in [1.807, 2.05) is 38.1 Å². The zero-order valence-corrected chi connectivity index (χ0v) is 13.0. The molecule has 5 nitrogen and oxygen atoms in total. The Balaban J connectivity index is 2.64. The van der Waals surface area contributed by atoms with E-state index >= 15 is 0 Å². The third kappa shape index (κ3) is 4.13. The Morgan fingerprint density at radius 3 is 2.50 bits per heavy atom. The van der Waals surface area contributed by atoms with Gasteiger partial charge in [-0.25, -0.2) is 4.79 Å². The van der Waals surface area contributed by atoms with E-state index in [0.29, 0.717) is 6.54 Å². The number of rotatable bonds is 5. The second-order valence-corrected chi connectivity index (χ2v) is 5.31. The van der Waals surface area contributed by atoms with Crippen LogP contribution < -0.4 is 10.2 Å². The summed E-state index contributed by atoms with van der Waals surface area (Å²) < 4.78 is 0. The molecule has 0 aliphatic rings. The molecule has 1 rings (SSSR count). The number of benzene rings is 1. The fraction of sp³-hybridized carbons (Fsp3) is 0.533. The summed E-state index contributed by atoms with van der Waals surface area (Å²) in [4.78, 5) is 15.4. The van der Waals surface area contributed by atoms with Crippen LogP contribution in [0.25, 0.3) is 0 Å².